The topological polar surface area (TPSA) is 233 Å². The number of aliphatic hydroxyl groups excluding tert-OH is 8. The minimum atomic E-state index is -1.45. The molecule has 342 valence electrons. The van der Waals surface area contributed by atoms with Gasteiger partial charge >= 0.3 is 0 Å². The van der Waals surface area contributed by atoms with Crippen molar-refractivity contribution >= 4 is 0 Å². The highest BCUT2D eigenvalue weighted by Crippen LogP contribution is 2.65. The van der Waals surface area contributed by atoms with E-state index in [9.17, 15) is 40.9 Å². The smallest absolute Gasteiger partial charge is 0.184 e. The van der Waals surface area contributed by atoms with Crippen LogP contribution in [0.3, 0.4) is 0 Å². The molecule has 5 heterocycles. The van der Waals surface area contributed by atoms with E-state index < -0.39 is 74.6 Å². The van der Waals surface area contributed by atoms with E-state index in [0.29, 0.717) is 35.9 Å². The quantitative estimate of drug-likeness (QED) is 0.182. The average Bonchev–Trinajstić information content (AvgIpc) is 3.91. The highest BCUT2D eigenvalue weighted by atomic mass is 16.7. The predicted molar refractivity (Wildman–Crippen MR) is 218 cm³/mol. The summed E-state index contributed by atoms with van der Waals surface area (Å²) in [5.41, 5.74) is 5.12. The molecule has 61 heavy (non-hydrogen) atoms. The second kappa shape index (κ2) is 17.1. The largest absolute Gasteiger partial charge is 0.394 e. The van der Waals surface area contributed by atoms with Gasteiger partial charge in [0.2, 0.25) is 0 Å². The third-order valence-electron chi connectivity index (χ3n) is 17.0. The number of hydrogen-bond acceptors (Lipinski definition) is 15. The molecule has 6 fully saturated rings. The Morgan fingerprint density at radius 3 is 2.43 bits per heavy atom. The maximum Gasteiger partial charge on any atom is 0.184 e. The van der Waals surface area contributed by atoms with Crippen LogP contribution in [0.1, 0.15) is 110 Å². The molecule has 4 aliphatic heterocycles. The Kier molecular flexibility index (Phi) is 12.5. The van der Waals surface area contributed by atoms with Crippen molar-refractivity contribution in [2.45, 2.75) is 190 Å². The first-order valence-corrected chi connectivity index (χ1v) is 23.1. The van der Waals surface area contributed by atoms with Crippen LogP contribution in [0.15, 0.2) is 29.0 Å². The minimum Gasteiger partial charge on any atom is -0.394 e. The maximum atomic E-state index is 11.4. The highest BCUT2D eigenvalue weighted by molar-refractivity contribution is 5.38. The molecule has 4 aliphatic carbocycles. The molecule has 0 aromatic carbocycles. The Hall–Kier alpha value is -1.90. The number of aliphatic hydroxyl groups is 8. The molecule has 20 atom stereocenters. The lowest BCUT2D eigenvalue weighted by Crippen LogP contribution is -2.52. The summed E-state index contributed by atoms with van der Waals surface area (Å²) >= 11 is 0. The average molecular weight is 859 g/mol. The number of ether oxygens (including phenoxy) is 4. The Bertz CT molecular complexity index is 1800. The molecule has 0 bridgehead atoms. The Balaban J connectivity index is 0.901. The zero-order chi connectivity index (χ0) is 43.1. The van der Waals surface area contributed by atoms with Gasteiger partial charge in [-0.2, -0.15) is 0 Å². The van der Waals surface area contributed by atoms with Gasteiger partial charge in [0, 0.05) is 31.5 Å². The van der Waals surface area contributed by atoms with E-state index in [1.165, 1.54) is 15.8 Å². The molecule has 1 aromatic heterocycles. The zero-order valence-electron chi connectivity index (χ0n) is 36.2. The highest BCUT2D eigenvalue weighted by Gasteiger charge is 2.62. The fourth-order valence-corrected chi connectivity index (χ4v) is 13.7. The number of nitrogens with zero attached hydrogens (tertiary/aromatic N) is 4. The number of aromatic nitrogens is 3. The summed E-state index contributed by atoms with van der Waals surface area (Å²) in [5.74, 6) is 2.53. The molecular weight excluding hydrogens is 789 g/mol. The van der Waals surface area contributed by atoms with Gasteiger partial charge < -0.3 is 59.8 Å². The van der Waals surface area contributed by atoms with Crippen molar-refractivity contribution in [1.29, 1.82) is 0 Å². The first kappa shape index (κ1) is 44.3. The van der Waals surface area contributed by atoms with E-state index in [4.69, 9.17) is 18.9 Å². The van der Waals surface area contributed by atoms with Crippen LogP contribution in [0.4, 0.5) is 0 Å². The van der Waals surface area contributed by atoms with Gasteiger partial charge in [0.1, 0.15) is 36.6 Å². The molecule has 9 rings (SSSR count). The lowest BCUT2D eigenvalue weighted by atomic mass is 9.56. The van der Waals surface area contributed by atoms with Gasteiger partial charge in [-0.15, -0.1) is 5.10 Å². The molecule has 0 radical (unpaired) electrons. The van der Waals surface area contributed by atoms with Crippen molar-refractivity contribution in [1.82, 2.24) is 19.9 Å². The van der Waals surface area contributed by atoms with Crippen LogP contribution in [0.25, 0.3) is 0 Å². The fourth-order valence-electron chi connectivity index (χ4n) is 13.7. The monoisotopic (exact) mass is 858 g/mol. The van der Waals surface area contributed by atoms with Gasteiger partial charge in [-0.05, 0) is 106 Å². The molecule has 2 saturated carbocycles. The third-order valence-corrected chi connectivity index (χ3v) is 17.0. The lowest BCUT2D eigenvalue weighted by molar-refractivity contribution is -0.291. The van der Waals surface area contributed by atoms with Crippen molar-refractivity contribution < 1.29 is 59.8 Å². The normalized spacial score (nSPS) is 49.3. The van der Waals surface area contributed by atoms with Gasteiger partial charge in [-0.3, -0.25) is 4.90 Å². The summed E-state index contributed by atoms with van der Waals surface area (Å²) < 4.78 is 26.7. The van der Waals surface area contributed by atoms with Gasteiger partial charge in [-0.25, -0.2) is 4.68 Å². The molecular formula is C45H70N4O12. The van der Waals surface area contributed by atoms with E-state index in [1.54, 1.807) is 11.8 Å². The lowest BCUT2D eigenvalue weighted by Gasteiger charge is -2.49. The number of piperidine rings is 1. The van der Waals surface area contributed by atoms with Crippen LogP contribution < -0.4 is 0 Å². The summed E-state index contributed by atoms with van der Waals surface area (Å²) in [6.45, 7) is 9.61. The van der Waals surface area contributed by atoms with E-state index in [2.05, 4.69) is 49.0 Å². The summed E-state index contributed by atoms with van der Waals surface area (Å²) in [7, 11) is 0. The molecule has 8 aliphatic rings. The molecule has 1 spiro atoms. The van der Waals surface area contributed by atoms with Gasteiger partial charge in [-0.1, -0.05) is 43.2 Å². The van der Waals surface area contributed by atoms with Crippen LogP contribution in [0.5, 0.6) is 0 Å². The second-order valence-corrected chi connectivity index (χ2v) is 20.5. The Morgan fingerprint density at radius 1 is 0.885 bits per heavy atom. The van der Waals surface area contributed by atoms with E-state index >= 15 is 0 Å². The molecule has 16 heteroatoms. The Morgan fingerprint density at radius 2 is 1.66 bits per heavy atom. The van der Waals surface area contributed by atoms with Crippen molar-refractivity contribution in [3.8, 4) is 0 Å². The number of likely N-dealkylation sites (tertiary alicyclic amines) is 1. The Labute approximate surface area is 358 Å². The summed E-state index contributed by atoms with van der Waals surface area (Å²) in [6.07, 6.45) is -0.877. The van der Waals surface area contributed by atoms with Crippen LogP contribution in [0.2, 0.25) is 0 Å². The molecule has 4 saturated heterocycles. The number of rotatable bonds is 7. The van der Waals surface area contributed by atoms with Crippen molar-refractivity contribution in [2.75, 3.05) is 19.8 Å². The molecule has 1 aromatic rings. The zero-order valence-corrected chi connectivity index (χ0v) is 36.2. The summed E-state index contributed by atoms with van der Waals surface area (Å²) in [5, 5.41) is 93.9. The molecule has 20 unspecified atom stereocenters. The predicted octanol–water partition coefficient (Wildman–Crippen LogP) is 1.47. The number of allylic oxidation sites excluding steroid dienone is 2. The van der Waals surface area contributed by atoms with E-state index in [0.717, 1.165) is 57.9 Å². The fraction of sp³-hybridized carbons (Fsp3) is 0.867. The number of fused-ring (bicyclic) bond motifs is 6. The van der Waals surface area contributed by atoms with Crippen LogP contribution in [-0.4, -0.2) is 159 Å². The number of hydrogen-bond donors (Lipinski definition) is 8. The van der Waals surface area contributed by atoms with Crippen LogP contribution in [-0.2, 0) is 25.5 Å². The van der Waals surface area contributed by atoms with E-state index in [-0.39, 0.29) is 54.4 Å². The maximum absolute atomic E-state index is 11.4. The standard InChI is InChI=1S/C45H70N4O12/c1-22-13-36-39(24(3)45(61-36)12-10-28-29-6-5-25-14-27(52)9-11-44(25,4)31(29)15-30(28)23(45)2)48(17-22)18-26-19-49(47-46-26)42-35(56)16-34(55)41(38(21-51)58-42)60-43-33(54)8-7-32(53)40(57)37(20-50)59-43/h5,19,22,24,27-29,31-43,50-57H,6-18,20-21H2,1-4H3. The van der Waals surface area contributed by atoms with Crippen LogP contribution >= 0.6 is 0 Å². The van der Waals surface area contributed by atoms with Crippen molar-refractivity contribution in [2.24, 2.45) is 35.0 Å². The van der Waals surface area contributed by atoms with Crippen molar-refractivity contribution in [3.63, 3.8) is 0 Å². The minimum absolute atomic E-state index is 0.00536. The third kappa shape index (κ3) is 7.70. The first-order valence-electron chi connectivity index (χ1n) is 23.1. The molecule has 16 nitrogen and oxygen atoms in total. The van der Waals surface area contributed by atoms with Crippen LogP contribution in [0, 0.1) is 35.0 Å². The van der Waals surface area contributed by atoms with Gasteiger partial charge in [0.15, 0.2) is 12.5 Å². The molecule has 0 amide bonds. The first-order chi connectivity index (χ1) is 29.1. The summed E-state index contributed by atoms with van der Waals surface area (Å²) in [6, 6.07) is 0.176. The summed E-state index contributed by atoms with van der Waals surface area (Å²) in [4.78, 5) is 2.50. The van der Waals surface area contributed by atoms with E-state index in [1.807, 2.05) is 0 Å². The second-order valence-electron chi connectivity index (χ2n) is 20.5. The van der Waals surface area contributed by atoms with Gasteiger partial charge in [0.25, 0.3) is 0 Å². The van der Waals surface area contributed by atoms with Crippen molar-refractivity contribution in [3.05, 3.63) is 34.7 Å². The molecule has 8 N–H and O–H groups in total. The van der Waals surface area contributed by atoms with Gasteiger partial charge in [0.05, 0.1) is 55.1 Å². The SMILES string of the molecule is CC1=C2CC3C(CC=C4CC(O)CCC43C)C2CCC12OC1CC(C)CN(Cc3cn(C4OC(CO)C(OC5OC(CO)C(O)C(O)CCC5O)C(O)CC4O)nn3)C1C2C.